The van der Waals surface area contributed by atoms with Crippen LogP contribution in [0.5, 0.6) is 0 Å². The lowest BCUT2D eigenvalue weighted by Gasteiger charge is -2.23. The molecule has 1 aliphatic carbocycles. The van der Waals surface area contributed by atoms with E-state index in [1.165, 1.54) is 0 Å². The van der Waals surface area contributed by atoms with Crippen LogP contribution in [-0.2, 0) is 9.53 Å². The van der Waals surface area contributed by atoms with Crippen molar-refractivity contribution in [2.75, 3.05) is 6.61 Å². The van der Waals surface area contributed by atoms with Crippen LogP contribution in [0.25, 0.3) is 0 Å². The molecule has 0 N–H and O–H groups in total. The van der Waals surface area contributed by atoms with Crippen LogP contribution in [0.2, 0.25) is 0 Å². The first-order valence-corrected chi connectivity index (χ1v) is 5.73. The van der Waals surface area contributed by atoms with Gasteiger partial charge < -0.3 is 4.74 Å². The predicted octanol–water partition coefficient (Wildman–Crippen LogP) is 2.59. The summed E-state index contributed by atoms with van der Waals surface area (Å²) in [5, 5.41) is 0. The molecule has 0 radical (unpaired) electrons. The van der Waals surface area contributed by atoms with Crippen LogP contribution in [0.1, 0.15) is 41.6 Å². The molecule has 1 aliphatic rings. The summed E-state index contributed by atoms with van der Waals surface area (Å²) < 4.78 is 31.7. The average Bonchev–Trinajstić information content (AvgIpc) is 2.28. The van der Waals surface area contributed by atoms with Crippen molar-refractivity contribution in [2.45, 2.75) is 25.7 Å². The first-order chi connectivity index (χ1) is 8.54. The standard InChI is InChI=1S/C13H12F2O3/c1-2-18-13(17)8-3-4-11(16)12-9(8)5-7(14)6-10(12)15/h5-6,8H,2-4H2,1H3. The lowest BCUT2D eigenvalue weighted by Crippen LogP contribution is -2.25. The minimum Gasteiger partial charge on any atom is -0.466 e. The number of hydrogen-bond donors (Lipinski definition) is 0. The third kappa shape index (κ3) is 2.12. The number of ether oxygens (including phenoxy) is 1. The number of benzene rings is 1. The van der Waals surface area contributed by atoms with E-state index in [1.807, 2.05) is 0 Å². The van der Waals surface area contributed by atoms with Gasteiger partial charge in [-0.3, -0.25) is 9.59 Å². The zero-order valence-corrected chi connectivity index (χ0v) is 9.83. The molecule has 0 saturated carbocycles. The molecule has 2 rings (SSSR count). The van der Waals surface area contributed by atoms with Crippen LogP contribution >= 0.6 is 0 Å². The van der Waals surface area contributed by atoms with Gasteiger partial charge in [0, 0.05) is 12.5 Å². The average molecular weight is 254 g/mol. The van der Waals surface area contributed by atoms with Crippen molar-refractivity contribution in [3.05, 3.63) is 34.9 Å². The van der Waals surface area contributed by atoms with E-state index >= 15 is 0 Å². The molecule has 0 fully saturated rings. The summed E-state index contributed by atoms with van der Waals surface area (Å²) in [6, 6.07) is 1.70. The van der Waals surface area contributed by atoms with Crippen LogP contribution in [0.3, 0.4) is 0 Å². The highest BCUT2D eigenvalue weighted by Crippen LogP contribution is 2.34. The molecule has 1 unspecified atom stereocenters. The van der Waals surface area contributed by atoms with Crippen LogP contribution in [0.4, 0.5) is 8.78 Å². The van der Waals surface area contributed by atoms with Crippen molar-refractivity contribution >= 4 is 11.8 Å². The molecule has 18 heavy (non-hydrogen) atoms. The summed E-state index contributed by atoms with van der Waals surface area (Å²) in [4.78, 5) is 23.3. The first-order valence-electron chi connectivity index (χ1n) is 5.73. The molecule has 0 amide bonds. The van der Waals surface area contributed by atoms with Crippen LogP contribution in [0, 0.1) is 11.6 Å². The monoisotopic (exact) mass is 254 g/mol. The van der Waals surface area contributed by atoms with E-state index in [2.05, 4.69) is 0 Å². The van der Waals surface area contributed by atoms with Gasteiger partial charge in [0.15, 0.2) is 5.78 Å². The zero-order valence-electron chi connectivity index (χ0n) is 9.83. The molecule has 1 aromatic rings. The topological polar surface area (TPSA) is 43.4 Å². The van der Waals surface area contributed by atoms with E-state index in [-0.39, 0.29) is 30.6 Å². The van der Waals surface area contributed by atoms with Crippen molar-refractivity contribution in [1.29, 1.82) is 0 Å². The Morgan fingerprint density at radius 1 is 1.44 bits per heavy atom. The number of ketones is 1. The third-order valence-corrected chi connectivity index (χ3v) is 2.97. The maximum Gasteiger partial charge on any atom is 0.313 e. The third-order valence-electron chi connectivity index (χ3n) is 2.97. The van der Waals surface area contributed by atoms with E-state index in [4.69, 9.17) is 4.74 Å². The summed E-state index contributed by atoms with van der Waals surface area (Å²) in [7, 11) is 0. The summed E-state index contributed by atoms with van der Waals surface area (Å²) >= 11 is 0. The van der Waals surface area contributed by atoms with Gasteiger partial charge in [-0.15, -0.1) is 0 Å². The molecule has 3 nitrogen and oxygen atoms in total. The molecule has 96 valence electrons. The Morgan fingerprint density at radius 2 is 2.17 bits per heavy atom. The second kappa shape index (κ2) is 4.84. The number of Topliss-reactive ketones (excluding diaryl/α,β-unsaturated/α-hetero) is 1. The number of fused-ring (bicyclic) bond motifs is 1. The molecule has 0 heterocycles. The van der Waals surface area contributed by atoms with Crippen LogP contribution in [-0.4, -0.2) is 18.4 Å². The molecule has 5 heteroatoms. The molecule has 0 aliphatic heterocycles. The number of rotatable bonds is 2. The second-order valence-electron chi connectivity index (χ2n) is 4.12. The van der Waals surface area contributed by atoms with Crippen molar-refractivity contribution in [1.82, 2.24) is 0 Å². The molecule has 1 aromatic carbocycles. The summed E-state index contributed by atoms with van der Waals surface area (Å²) in [6.45, 7) is 1.84. The van der Waals surface area contributed by atoms with Gasteiger partial charge in [-0.1, -0.05) is 0 Å². The van der Waals surface area contributed by atoms with Crippen molar-refractivity contribution < 1.29 is 23.1 Å². The minimum absolute atomic E-state index is 0.0685. The van der Waals surface area contributed by atoms with E-state index in [9.17, 15) is 18.4 Å². The second-order valence-corrected chi connectivity index (χ2v) is 4.12. The van der Waals surface area contributed by atoms with Crippen molar-refractivity contribution in [3.63, 3.8) is 0 Å². The lowest BCUT2D eigenvalue weighted by molar-refractivity contribution is -0.145. The first kappa shape index (κ1) is 12.7. The van der Waals surface area contributed by atoms with Gasteiger partial charge in [0.2, 0.25) is 0 Å². The van der Waals surface area contributed by atoms with Crippen molar-refractivity contribution in [3.8, 4) is 0 Å². The van der Waals surface area contributed by atoms with E-state index in [0.717, 1.165) is 6.07 Å². The van der Waals surface area contributed by atoms with E-state index in [0.29, 0.717) is 6.07 Å². The van der Waals surface area contributed by atoms with Gasteiger partial charge in [-0.05, 0) is 25.0 Å². The molecular formula is C13H12F2O3. The molecule has 0 spiro atoms. The van der Waals surface area contributed by atoms with E-state index < -0.39 is 29.3 Å². The Hall–Kier alpha value is -1.78. The lowest BCUT2D eigenvalue weighted by atomic mass is 9.81. The minimum atomic E-state index is -0.913. The van der Waals surface area contributed by atoms with E-state index in [1.54, 1.807) is 6.92 Å². The highest BCUT2D eigenvalue weighted by molar-refractivity contribution is 6.01. The molecule has 1 atom stereocenters. The fourth-order valence-electron chi connectivity index (χ4n) is 2.21. The Labute approximate surface area is 103 Å². The molecule has 0 bridgehead atoms. The smallest absolute Gasteiger partial charge is 0.313 e. The molecular weight excluding hydrogens is 242 g/mol. The molecule has 0 aromatic heterocycles. The highest BCUT2D eigenvalue weighted by atomic mass is 19.1. The summed E-state index contributed by atoms with van der Waals surface area (Å²) in [5.41, 5.74) is -0.0806. The largest absolute Gasteiger partial charge is 0.466 e. The Balaban J connectivity index is 2.49. The number of carbonyl (C=O) groups excluding carboxylic acids is 2. The van der Waals surface area contributed by atoms with Gasteiger partial charge in [0.1, 0.15) is 11.6 Å². The van der Waals surface area contributed by atoms with Crippen molar-refractivity contribution in [2.24, 2.45) is 0 Å². The maximum atomic E-state index is 13.6. The number of esters is 1. The quantitative estimate of drug-likeness (QED) is 0.762. The highest BCUT2D eigenvalue weighted by Gasteiger charge is 2.34. The maximum absolute atomic E-state index is 13.6. The Kier molecular flexibility index (Phi) is 3.41. The molecule has 0 saturated heterocycles. The number of hydrogen-bond acceptors (Lipinski definition) is 3. The fraction of sp³-hybridized carbons (Fsp3) is 0.385. The number of halogens is 2. The SMILES string of the molecule is CCOC(=O)C1CCC(=O)c2c(F)cc(F)cc21. The normalized spacial score (nSPS) is 18.4. The van der Waals surface area contributed by atoms with Gasteiger partial charge >= 0.3 is 5.97 Å². The predicted molar refractivity (Wildman–Crippen MR) is 59.3 cm³/mol. The van der Waals surface area contributed by atoms with Gasteiger partial charge in [-0.2, -0.15) is 0 Å². The summed E-state index contributed by atoms with van der Waals surface area (Å²) in [5.74, 6) is -3.42. The van der Waals surface area contributed by atoms with Gasteiger partial charge in [0.05, 0.1) is 18.1 Å². The van der Waals surface area contributed by atoms with Gasteiger partial charge in [-0.25, -0.2) is 8.78 Å². The Bertz CT molecular complexity index is 511. The summed E-state index contributed by atoms with van der Waals surface area (Å²) in [6.07, 6.45) is 0.298. The van der Waals surface area contributed by atoms with Gasteiger partial charge in [0.25, 0.3) is 0 Å². The van der Waals surface area contributed by atoms with Crippen LogP contribution in [0.15, 0.2) is 12.1 Å². The zero-order chi connectivity index (χ0) is 13.3. The number of carbonyl (C=O) groups is 2. The Morgan fingerprint density at radius 3 is 2.83 bits per heavy atom. The fourth-order valence-corrected chi connectivity index (χ4v) is 2.21. The van der Waals surface area contributed by atoms with Crippen LogP contribution < -0.4 is 0 Å².